The van der Waals surface area contributed by atoms with Crippen LogP contribution in [0.1, 0.15) is 39.2 Å². The molecule has 0 atom stereocenters. The van der Waals surface area contributed by atoms with Crippen LogP contribution in [0.2, 0.25) is 0 Å². The summed E-state index contributed by atoms with van der Waals surface area (Å²) in [6.45, 7) is 7.79. The lowest BCUT2D eigenvalue weighted by Gasteiger charge is -2.53. The van der Waals surface area contributed by atoms with E-state index in [2.05, 4.69) is 51.1 Å². The van der Waals surface area contributed by atoms with Crippen molar-refractivity contribution in [3.05, 3.63) is 35.9 Å². The van der Waals surface area contributed by atoms with E-state index >= 15 is 0 Å². The quantitative estimate of drug-likeness (QED) is 0.808. The Bertz CT molecular complexity index is 341. The molecule has 0 amide bonds. The van der Waals surface area contributed by atoms with Crippen LogP contribution in [0.3, 0.4) is 0 Å². The minimum atomic E-state index is 0.263. The first-order chi connectivity index (χ1) is 7.48. The normalized spacial score (nSPS) is 29.9. The molecule has 0 saturated heterocycles. The maximum atomic E-state index is 6.01. The number of hydrogen-bond acceptors (Lipinski definition) is 1. The minimum Gasteiger partial charge on any atom is -0.330 e. The van der Waals surface area contributed by atoms with Gasteiger partial charge in [-0.1, -0.05) is 51.1 Å². The Balaban J connectivity index is 2.15. The van der Waals surface area contributed by atoms with Gasteiger partial charge in [0, 0.05) is 12.0 Å². The van der Waals surface area contributed by atoms with Gasteiger partial charge < -0.3 is 5.73 Å². The van der Waals surface area contributed by atoms with E-state index in [1.807, 2.05) is 0 Å². The second kappa shape index (κ2) is 3.89. The molecule has 1 aliphatic rings. The Morgan fingerprint density at radius 2 is 1.75 bits per heavy atom. The predicted octanol–water partition coefficient (Wildman–Crippen LogP) is 3.34. The van der Waals surface area contributed by atoms with Crippen molar-refractivity contribution >= 4 is 0 Å². The molecule has 0 unspecified atom stereocenters. The molecule has 0 heterocycles. The van der Waals surface area contributed by atoms with Gasteiger partial charge in [0.15, 0.2) is 0 Å². The van der Waals surface area contributed by atoms with Crippen LogP contribution in [-0.2, 0) is 5.41 Å². The third-order valence-corrected chi connectivity index (χ3v) is 4.28. The smallest absolute Gasteiger partial charge is 0.00812 e. The Labute approximate surface area is 99.0 Å². The molecule has 0 radical (unpaired) electrons. The predicted molar refractivity (Wildman–Crippen MR) is 69.4 cm³/mol. The third-order valence-electron chi connectivity index (χ3n) is 4.28. The van der Waals surface area contributed by atoms with Crippen LogP contribution in [0.4, 0.5) is 0 Å². The van der Waals surface area contributed by atoms with E-state index in [4.69, 9.17) is 5.73 Å². The topological polar surface area (TPSA) is 26.0 Å². The Kier molecular flexibility index (Phi) is 2.83. The summed E-state index contributed by atoms with van der Waals surface area (Å²) < 4.78 is 0. The lowest BCUT2D eigenvalue weighted by Crippen LogP contribution is -2.50. The number of rotatable bonds is 2. The van der Waals surface area contributed by atoms with E-state index in [0.29, 0.717) is 5.41 Å². The van der Waals surface area contributed by atoms with Crippen LogP contribution in [-0.4, -0.2) is 6.54 Å². The SMILES string of the molecule is CC(C)(C)C1CC(CN)(c2ccccc2)C1. The fourth-order valence-corrected chi connectivity index (χ4v) is 2.81. The van der Waals surface area contributed by atoms with E-state index in [-0.39, 0.29) is 5.41 Å². The van der Waals surface area contributed by atoms with Gasteiger partial charge in [-0.2, -0.15) is 0 Å². The van der Waals surface area contributed by atoms with E-state index in [1.165, 1.54) is 18.4 Å². The van der Waals surface area contributed by atoms with Crippen LogP contribution < -0.4 is 5.73 Å². The molecule has 1 aromatic carbocycles. The molecule has 1 heteroatoms. The number of hydrogen-bond donors (Lipinski definition) is 1. The first kappa shape index (κ1) is 11.7. The van der Waals surface area contributed by atoms with Gasteiger partial charge in [-0.15, -0.1) is 0 Å². The van der Waals surface area contributed by atoms with Gasteiger partial charge in [0.25, 0.3) is 0 Å². The molecule has 0 aromatic heterocycles. The maximum Gasteiger partial charge on any atom is 0.00812 e. The van der Waals surface area contributed by atoms with Crippen molar-refractivity contribution in [2.45, 2.75) is 39.0 Å². The zero-order valence-corrected chi connectivity index (χ0v) is 10.7. The van der Waals surface area contributed by atoms with Gasteiger partial charge in [0.2, 0.25) is 0 Å². The van der Waals surface area contributed by atoms with Gasteiger partial charge in [-0.3, -0.25) is 0 Å². The molecular weight excluding hydrogens is 194 g/mol. The molecule has 0 aliphatic heterocycles. The fourth-order valence-electron chi connectivity index (χ4n) is 2.81. The Hall–Kier alpha value is -0.820. The zero-order valence-electron chi connectivity index (χ0n) is 10.7. The highest BCUT2D eigenvalue weighted by molar-refractivity contribution is 5.29. The monoisotopic (exact) mass is 217 g/mol. The van der Waals surface area contributed by atoms with Crippen molar-refractivity contribution in [3.63, 3.8) is 0 Å². The molecule has 88 valence electrons. The Morgan fingerprint density at radius 1 is 1.19 bits per heavy atom. The first-order valence-electron chi connectivity index (χ1n) is 6.23. The van der Waals surface area contributed by atoms with Crippen molar-refractivity contribution in [1.29, 1.82) is 0 Å². The van der Waals surface area contributed by atoms with E-state index in [9.17, 15) is 0 Å². The molecule has 2 rings (SSSR count). The molecule has 1 saturated carbocycles. The van der Waals surface area contributed by atoms with Crippen LogP contribution in [0.25, 0.3) is 0 Å². The lowest BCUT2D eigenvalue weighted by atomic mass is 9.52. The van der Waals surface area contributed by atoms with E-state index < -0.39 is 0 Å². The fraction of sp³-hybridized carbons (Fsp3) is 0.600. The molecule has 1 fully saturated rings. The second-order valence-corrected chi connectivity index (χ2v) is 6.32. The van der Waals surface area contributed by atoms with Crippen LogP contribution >= 0.6 is 0 Å². The highest BCUT2D eigenvalue weighted by atomic mass is 14.7. The van der Waals surface area contributed by atoms with Crippen molar-refractivity contribution in [2.24, 2.45) is 17.1 Å². The van der Waals surface area contributed by atoms with Gasteiger partial charge >= 0.3 is 0 Å². The minimum absolute atomic E-state index is 0.263. The van der Waals surface area contributed by atoms with E-state index in [0.717, 1.165) is 12.5 Å². The second-order valence-electron chi connectivity index (χ2n) is 6.32. The number of benzene rings is 1. The van der Waals surface area contributed by atoms with Gasteiger partial charge in [-0.25, -0.2) is 0 Å². The lowest BCUT2D eigenvalue weighted by molar-refractivity contribution is 0.0504. The summed E-state index contributed by atoms with van der Waals surface area (Å²) in [5.41, 5.74) is 8.12. The first-order valence-corrected chi connectivity index (χ1v) is 6.23. The van der Waals surface area contributed by atoms with Crippen molar-refractivity contribution in [2.75, 3.05) is 6.54 Å². The van der Waals surface area contributed by atoms with Crippen molar-refractivity contribution < 1.29 is 0 Å². The van der Waals surface area contributed by atoms with Gasteiger partial charge in [0.1, 0.15) is 0 Å². The third kappa shape index (κ3) is 1.89. The number of nitrogens with two attached hydrogens (primary N) is 1. The molecule has 1 aromatic rings. The van der Waals surface area contributed by atoms with Crippen LogP contribution in [0.15, 0.2) is 30.3 Å². The summed E-state index contributed by atoms with van der Waals surface area (Å²) in [5, 5.41) is 0. The van der Waals surface area contributed by atoms with Crippen molar-refractivity contribution in [3.8, 4) is 0 Å². The van der Waals surface area contributed by atoms with Gasteiger partial charge in [-0.05, 0) is 29.7 Å². The summed E-state index contributed by atoms with van der Waals surface area (Å²) >= 11 is 0. The average Bonchev–Trinajstić information content (AvgIpc) is 2.16. The molecular formula is C15H23N. The average molecular weight is 217 g/mol. The van der Waals surface area contributed by atoms with Crippen LogP contribution in [0.5, 0.6) is 0 Å². The summed E-state index contributed by atoms with van der Waals surface area (Å²) in [5.74, 6) is 0.816. The standard InChI is InChI=1S/C15H23N/c1-14(2,3)13-9-15(10-13,11-16)12-7-5-4-6-8-12/h4-8,13H,9-11,16H2,1-3H3. The highest BCUT2D eigenvalue weighted by Crippen LogP contribution is 2.53. The Morgan fingerprint density at radius 3 is 2.19 bits per heavy atom. The van der Waals surface area contributed by atoms with Gasteiger partial charge in [0.05, 0.1) is 0 Å². The summed E-state index contributed by atoms with van der Waals surface area (Å²) in [4.78, 5) is 0. The summed E-state index contributed by atoms with van der Waals surface area (Å²) in [7, 11) is 0. The summed E-state index contributed by atoms with van der Waals surface area (Å²) in [6, 6.07) is 10.8. The molecule has 0 spiro atoms. The van der Waals surface area contributed by atoms with E-state index in [1.54, 1.807) is 0 Å². The molecule has 16 heavy (non-hydrogen) atoms. The molecule has 1 nitrogen and oxygen atoms in total. The highest BCUT2D eigenvalue weighted by Gasteiger charge is 2.48. The van der Waals surface area contributed by atoms with Crippen LogP contribution in [0, 0.1) is 11.3 Å². The zero-order chi connectivity index (χ0) is 11.8. The summed E-state index contributed by atoms with van der Waals surface area (Å²) in [6.07, 6.45) is 2.49. The molecule has 2 N–H and O–H groups in total. The molecule has 0 bridgehead atoms. The van der Waals surface area contributed by atoms with Crippen molar-refractivity contribution in [1.82, 2.24) is 0 Å². The largest absolute Gasteiger partial charge is 0.330 e. The maximum absolute atomic E-state index is 6.01. The molecule has 1 aliphatic carbocycles.